The molecule has 0 bridgehead atoms. The highest BCUT2D eigenvalue weighted by Crippen LogP contribution is 2.37. The van der Waals surface area contributed by atoms with Crippen molar-refractivity contribution < 1.29 is 18.7 Å². The fourth-order valence-electron chi connectivity index (χ4n) is 2.11. The molecule has 1 amide bonds. The summed E-state index contributed by atoms with van der Waals surface area (Å²) in [6.07, 6.45) is 0.269. The maximum atomic E-state index is 13.7. The predicted molar refractivity (Wildman–Crippen MR) is 79.7 cm³/mol. The topological polar surface area (TPSA) is 46.6 Å². The number of thioether (sulfide) groups is 1. The van der Waals surface area contributed by atoms with Gasteiger partial charge in [0.25, 0.3) is 0 Å². The highest BCUT2D eigenvalue weighted by molar-refractivity contribution is 9.10. The average molecular weight is 362 g/mol. The number of nitrogens with zero attached hydrogens (tertiary/aromatic N) is 1. The Morgan fingerprint density at radius 1 is 1.55 bits per heavy atom. The number of methoxy groups -OCH3 is 1. The SMILES string of the molecule is COc1cc(Br)c(F)cc1N1CC(SC(C)=O)CC1=O. The molecule has 0 saturated carbocycles. The van der Waals surface area contributed by atoms with E-state index < -0.39 is 5.82 Å². The minimum Gasteiger partial charge on any atom is -0.495 e. The van der Waals surface area contributed by atoms with Crippen LogP contribution in [0.15, 0.2) is 16.6 Å². The zero-order chi connectivity index (χ0) is 14.9. The molecule has 1 heterocycles. The Kier molecular flexibility index (Phi) is 4.70. The minimum atomic E-state index is -0.462. The summed E-state index contributed by atoms with van der Waals surface area (Å²) in [5.74, 6) is -0.180. The van der Waals surface area contributed by atoms with Crippen molar-refractivity contribution in [2.75, 3.05) is 18.6 Å². The zero-order valence-electron chi connectivity index (χ0n) is 11.0. The number of benzene rings is 1. The number of rotatable bonds is 3. The van der Waals surface area contributed by atoms with Gasteiger partial charge in [-0.25, -0.2) is 4.39 Å². The Morgan fingerprint density at radius 2 is 2.25 bits per heavy atom. The number of ether oxygens (including phenoxy) is 1. The molecule has 20 heavy (non-hydrogen) atoms. The molecule has 1 aromatic carbocycles. The zero-order valence-corrected chi connectivity index (χ0v) is 13.4. The van der Waals surface area contributed by atoms with Gasteiger partial charge in [-0.15, -0.1) is 0 Å². The number of hydrogen-bond acceptors (Lipinski definition) is 4. The van der Waals surface area contributed by atoms with Gasteiger partial charge in [0, 0.05) is 31.2 Å². The molecule has 1 aromatic rings. The van der Waals surface area contributed by atoms with Gasteiger partial charge in [-0.2, -0.15) is 0 Å². The molecule has 0 radical (unpaired) electrons. The van der Waals surface area contributed by atoms with E-state index in [0.29, 0.717) is 18.0 Å². The van der Waals surface area contributed by atoms with E-state index in [9.17, 15) is 14.0 Å². The fourth-order valence-corrected chi connectivity index (χ4v) is 3.36. The van der Waals surface area contributed by atoms with E-state index in [-0.39, 0.29) is 27.2 Å². The first kappa shape index (κ1) is 15.3. The molecule has 7 heteroatoms. The van der Waals surface area contributed by atoms with E-state index in [0.717, 1.165) is 11.8 Å². The van der Waals surface area contributed by atoms with Gasteiger partial charge in [0.2, 0.25) is 5.91 Å². The molecule has 4 nitrogen and oxygen atoms in total. The van der Waals surface area contributed by atoms with Crippen LogP contribution in [0, 0.1) is 5.82 Å². The first-order chi connectivity index (χ1) is 9.42. The third-order valence-electron chi connectivity index (χ3n) is 2.93. The van der Waals surface area contributed by atoms with Crippen LogP contribution in [-0.4, -0.2) is 29.9 Å². The van der Waals surface area contributed by atoms with Gasteiger partial charge >= 0.3 is 0 Å². The van der Waals surface area contributed by atoms with Crippen molar-refractivity contribution >= 4 is 44.4 Å². The second-order valence-corrected chi connectivity index (χ2v) is 6.71. The lowest BCUT2D eigenvalue weighted by atomic mass is 10.2. The van der Waals surface area contributed by atoms with Gasteiger partial charge in [0.1, 0.15) is 11.6 Å². The summed E-state index contributed by atoms with van der Waals surface area (Å²) in [6.45, 7) is 1.85. The van der Waals surface area contributed by atoms with E-state index in [1.807, 2.05) is 0 Å². The molecule has 1 fully saturated rings. The number of halogens is 2. The third-order valence-corrected chi connectivity index (χ3v) is 4.52. The molecule has 1 saturated heterocycles. The lowest BCUT2D eigenvalue weighted by Gasteiger charge is -2.20. The van der Waals surface area contributed by atoms with Crippen LogP contribution in [-0.2, 0) is 9.59 Å². The van der Waals surface area contributed by atoms with Crippen molar-refractivity contribution in [3.8, 4) is 5.75 Å². The first-order valence-electron chi connectivity index (χ1n) is 5.93. The van der Waals surface area contributed by atoms with Crippen LogP contribution in [0.5, 0.6) is 5.75 Å². The lowest BCUT2D eigenvalue weighted by Crippen LogP contribution is -2.25. The third kappa shape index (κ3) is 3.15. The Balaban J connectivity index is 2.30. The van der Waals surface area contributed by atoms with Crippen molar-refractivity contribution in [1.82, 2.24) is 0 Å². The van der Waals surface area contributed by atoms with Crippen LogP contribution < -0.4 is 9.64 Å². The predicted octanol–water partition coefficient (Wildman–Crippen LogP) is 2.98. The van der Waals surface area contributed by atoms with E-state index >= 15 is 0 Å². The standard InChI is InChI=1S/C13H13BrFNO3S/c1-7(17)20-8-3-13(18)16(6-8)11-5-10(15)9(14)4-12(11)19-2/h4-5,8H,3,6H2,1-2H3. The molecular formula is C13H13BrFNO3S. The molecule has 0 N–H and O–H groups in total. The van der Waals surface area contributed by atoms with Gasteiger partial charge in [-0.1, -0.05) is 11.8 Å². The number of hydrogen-bond donors (Lipinski definition) is 0. The summed E-state index contributed by atoms with van der Waals surface area (Å²) in [5.41, 5.74) is 0.393. The monoisotopic (exact) mass is 361 g/mol. The Bertz CT molecular complexity index is 567. The molecule has 0 spiro atoms. The highest BCUT2D eigenvalue weighted by atomic mass is 79.9. The van der Waals surface area contributed by atoms with E-state index in [1.165, 1.54) is 31.1 Å². The van der Waals surface area contributed by atoms with Crippen molar-refractivity contribution in [2.45, 2.75) is 18.6 Å². The van der Waals surface area contributed by atoms with Gasteiger partial charge in [0.15, 0.2) is 5.12 Å². The smallest absolute Gasteiger partial charge is 0.228 e. The van der Waals surface area contributed by atoms with Crippen LogP contribution in [0.25, 0.3) is 0 Å². The number of carbonyl (C=O) groups is 2. The molecule has 108 valence electrons. The van der Waals surface area contributed by atoms with Crippen molar-refractivity contribution in [3.05, 3.63) is 22.4 Å². The minimum absolute atomic E-state index is 0.0291. The van der Waals surface area contributed by atoms with E-state index in [1.54, 1.807) is 0 Å². The summed E-state index contributed by atoms with van der Waals surface area (Å²) in [6, 6.07) is 2.75. The number of anilines is 1. The van der Waals surface area contributed by atoms with Crippen LogP contribution in [0.2, 0.25) is 0 Å². The summed E-state index contributed by atoms with van der Waals surface area (Å²) in [5, 5.41) is -0.130. The van der Waals surface area contributed by atoms with Crippen LogP contribution >= 0.6 is 27.7 Å². The average Bonchev–Trinajstić information content (AvgIpc) is 2.72. The molecule has 1 aliphatic rings. The van der Waals surface area contributed by atoms with Crippen LogP contribution in [0.4, 0.5) is 10.1 Å². The van der Waals surface area contributed by atoms with Crippen molar-refractivity contribution in [3.63, 3.8) is 0 Å². The largest absolute Gasteiger partial charge is 0.495 e. The van der Waals surface area contributed by atoms with Gasteiger partial charge in [0.05, 0.1) is 17.3 Å². The van der Waals surface area contributed by atoms with Crippen molar-refractivity contribution in [2.24, 2.45) is 0 Å². The molecule has 1 aliphatic heterocycles. The molecule has 1 unspecified atom stereocenters. The highest BCUT2D eigenvalue weighted by Gasteiger charge is 2.33. The summed E-state index contributed by atoms with van der Waals surface area (Å²) in [4.78, 5) is 24.6. The van der Waals surface area contributed by atoms with Crippen molar-refractivity contribution in [1.29, 1.82) is 0 Å². The maximum absolute atomic E-state index is 13.7. The lowest BCUT2D eigenvalue weighted by molar-refractivity contribution is -0.117. The van der Waals surface area contributed by atoms with Gasteiger partial charge in [-0.05, 0) is 22.0 Å². The Morgan fingerprint density at radius 3 is 2.85 bits per heavy atom. The second kappa shape index (κ2) is 6.13. The summed E-state index contributed by atoms with van der Waals surface area (Å²) >= 11 is 4.22. The molecular weight excluding hydrogens is 349 g/mol. The quantitative estimate of drug-likeness (QED) is 0.830. The fraction of sp³-hybridized carbons (Fsp3) is 0.385. The number of amides is 1. The number of carbonyl (C=O) groups excluding carboxylic acids is 2. The normalized spacial score (nSPS) is 18.5. The summed E-state index contributed by atoms with van der Waals surface area (Å²) < 4.78 is 19.2. The van der Waals surface area contributed by atoms with Crippen LogP contribution in [0.1, 0.15) is 13.3 Å². The molecule has 0 aliphatic carbocycles. The van der Waals surface area contributed by atoms with Crippen LogP contribution in [0.3, 0.4) is 0 Å². The van der Waals surface area contributed by atoms with Gasteiger partial charge in [-0.3, -0.25) is 9.59 Å². The van der Waals surface area contributed by atoms with Gasteiger partial charge < -0.3 is 9.64 Å². The molecule has 1 atom stereocenters. The first-order valence-corrected chi connectivity index (χ1v) is 7.60. The molecule has 2 rings (SSSR count). The Hall–Kier alpha value is -1.08. The summed E-state index contributed by atoms with van der Waals surface area (Å²) in [7, 11) is 1.46. The maximum Gasteiger partial charge on any atom is 0.228 e. The molecule has 0 aromatic heterocycles. The van der Waals surface area contributed by atoms with E-state index in [4.69, 9.17) is 4.74 Å². The second-order valence-electron chi connectivity index (χ2n) is 4.38. The Labute approximate surface area is 128 Å². The van der Waals surface area contributed by atoms with E-state index in [2.05, 4.69) is 15.9 Å².